The number of para-hydroxylation sites is 2. The van der Waals surface area contributed by atoms with Gasteiger partial charge in [0.15, 0.2) is 0 Å². The Morgan fingerprint density at radius 1 is 1.16 bits per heavy atom. The van der Waals surface area contributed by atoms with Crippen LogP contribution in [0, 0.1) is 0 Å². The standard InChI is InChI=1S/C15H22N4/c1-18-14-8-4-3-7-13(14)17-15(18)16-9-12-19-10-5-2-6-11-19/h3-4,7-8H,2,5-6,9-12H2,1H3,(H,16,17). The van der Waals surface area contributed by atoms with Crippen LogP contribution in [0.4, 0.5) is 5.95 Å². The summed E-state index contributed by atoms with van der Waals surface area (Å²) >= 11 is 0. The first-order valence-corrected chi connectivity index (χ1v) is 7.22. The third-order valence-corrected chi connectivity index (χ3v) is 3.95. The zero-order valence-corrected chi connectivity index (χ0v) is 11.6. The number of benzene rings is 1. The maximum Gasteiger partial charge on any atom is 0.203 e. The zero-order valence-electron chi connectivity index (χ0n) is 11.6. The van der Waals surface area contributed by atoms with Crippen LogP contribution in [0.5, 0.6) is 0 Å². The van der Waals surface area contributed by atoms with Crippen molar-refractivity contribution in [1.29, 1.82) is 0 Å². The molecule has 3 rings (SSSR count). The molecule has 2 heterocycles. The summed E-state index contributed by atoms with van der Waals surface area (Å²) in [6.07, 6.45) is 4.10. The van der Waals surface area contributed by atoms with E-state index in [1.807, 2.05) is 6.07 Å². The fraction of sp³-hybridized carbons (Fsp3) is 0.533. The molecule has 2 aromatic rings. The number of nitrogens with one attached hydrogen (secondary N) is 1. The van der Waals surface area contributed by atoms with Gasteiger partial charge in [-0.3, -0.25) is 0 Å². The molecule has 0 radical (unpaired) electrons. The van der Waals surface area contributed by atoms with Gasteiger partial charge in [0, 0.05) is 20.1 Å². The Balaban J connectivity index is 1.60. The molecular formula is C15H22N4. The highest BCUT2D eigenvalue weighted by Gasteiger charge is 2.10. The van der Waals surface area contributed by atoms with Gasteiger partial charge in [-0.1, -0.05) is 18.6 Å². The van der Waals surface area contributed by atoms with Gasteiger partial charge in [0.2, 0.25) is 5.95 Å². The molecular weight excluding hydrogens is 236 g/mol. The molecule has 0 spiro atoms. The average molecular weight is 258 g/mol. The second-order valence-electron chi connectivity index (χ2n) is 5.31. The third kappa shape index (κ3) is 2.73. The van der Waals surface area contributed by atoms with Gasteiger partial charge in [-0.15, -0.1) is 0 Å². The summed E-state index contributed by atoms with van der Waals surface area (Å²) in [6.45, 7) is 4.59. The molecule has 1 aromatic carbocycles. The van der Waals surface area contributed by atoms with E-state index in [1.54, 1.807) is 0 Å². The lowest BCUT2D eigenvalue weighted by Crippen LogP contribution is -2.34. The van der Waals surface area contributed by atoms with E-state index in [0.717, 1.165) is 24.6 Å². The third-order valence-electron chi connectivity index (χ3n) is 3.95. The van der Waals surface area contributed by atoms with Crippen molar-refractivity contribution in [1.82, 2.24) is 14.5 Å². The molecule has 0 bridgehead atoms. The highest BCUT2D eigenvalue weighted by atomic mass is 15.2. The number of piperidine rings is 1. The van der Waals surface area contributed by atoms with Gasteiger partial charge in [0.25, 0.3) is 0 Å². The van der Waals surface area contributed by atoms with Gasteiger partial charge in [-0.2, -0.15) is 0 Å². The lowest BCUT2D eigenvalue weighted by Gasteiger charge is -2.26. The van der Waals surface area contributed by atoms with Crippen LogP contribution >= 0.6 is 0 Å². The molecule has 0 amide bonds. The van der Waals surface area contributed by atoms with E-state index in [4.69, 9.17) is 0 Å². The van der Waals surface area contributed by atoms with Crippen LogP contribution in [0.15, 0.2) is 24.3 Å². The van der Waals surface area contributed by atoms with Crippen LogP contribution in [0.1, 0.15) is 19.3 Å². The monoisotopic (exact) mass is 258 g/mol. The van der Waals surface area contributed by atoms with E-state index in [0.29, 0.717) is 0 Å². The summed E-state index contributed by atoms with van der Waals surface area (Å²) in [5.74, 6) is 0.971. The number of fused-ring (bicyclic) bond motifs is 1. The summed E-state index contributed by atoms with van der Waals surface area (Å²) in [7, 11) is 2.07. The van der Waals surface area contributed by atoms with Crippen LogP contribution in [0.2, 0.25) is 0 Å². The highest BCUT2D eigenvalue weighted by molar-refractivity contribution is 5.78. The van der Waals surface area contributed by atoms with E-state index < -0.39 is 0 Å². The van der Waals surface area contributed by atoms with Gasteiger partial charge in [0.05, 0.1) is 11.0 Å². The lowest BCUT2D eigenvalue weighted by molar-refractivity contribution is 0.237. The van der Waals surface area contributed by atoms with E-state index in [-0.39, 0.29) is 0 Å². The molecule has 4 heteroatoms. The van der Waals surface area contributed by atoms with Crippen molar-refractivity contribution < 1.29 is 0 Å². The molecule has 4 nitrogen and oxygen atoms in total. The first-order chi connectivity index (χ1) is 9.34. The van der Waals surface area contributed by atoms with Gasteiger partial charge in [0.1, 0.15) is 0 Å². The van der Waals surface area contributed by atoms with Crippen molar-refractivity contribution >= 4 is 17.0 Å². The van der Waals surface area contributed by atoms with Crippen LogP contribution < -0.4 is 5.32 Å². The molecule has 1 fully saturated rings. The number of aromatic nitrogens is 2. The van der Waals surface area contributed by atoms with E-state index in [9.17, 15) is 0 Å². The Kier molecular flexibility index (Phi) is 3.69. The molecule has 0 aliphatic carbocycles. The number of nitrogens with zero attached hydrogens (tertiary/aromatic N) is 3. The van der Waals surface area contributed by atoms with Gasteiger partial charge < -0.3 is 14.8 Å². The fourth-order valence-corrected chi connectivity index (χ4v) is 2.81. The Hall–Kier alpha value is -1.55. The van der Waals surface area contributed by atoms with Crippen LogP contribution in [-0.2, 0) is 7.05 Å². The van der Waals surface area contributed by atoms with Crippen molar-refractivity contribution in [2.75, 3.05) is 31.5 Å². The molecule has 1 saturated heterocycles. The van der Waals surface area contributed by atoms with Gasteiger partial charge >= 0.3 is 0 Å². The number of anilines is 1. The van der Waals surface area contributed by atoms with E-state index in [1.165, 1.54) is 37.9 Å². The molecule has 1 aromatic heterocycles. The topological polar surface area (TPSA) is 33.1 Å². The second-order valence-corrected chi connectivity index (χ2v) is 5.31. The summed E-state index contributed by atoms with van der Waals surface area (Å²) in [6, 6.07) is 8.26. The zero-order chi connectivity index (χ0) is 13.1. The maximum atomic E-state index is 4.63. The first kappa shape index (κ1) is 12.5. The number of imidazole rings is 1. The van der Waals surface area contributed by atoms with Crippen LogP contribution in [0.25, 0.3) is 11.0 Å². The summed E-state index contributed by atoms with van der Waals surface area (Å²) in [5, 5.41) is 3.46. The quantitative estimate of drug-likeness (QED) is 0.914. The molecule has 1 N–H and O–H groups in total. The van der Waals surface area contributed by atoms with Crippen molar-refractivity contribution in [3.8, 4) is 0 Å². The summed E-state index contributed by atoms with van der Waals surface area (Å²) in [4.78, 5) is 7.17. The van der Waals surface area contributed by atoms with Crippen molar-refractivity contribution in [3.05, 3.63) is 24.3 Å². The Morgan fingerprint density at radius 3 is 2.74 bits per heavy atom. The average Bonchev–Trinajstić information content (AvgIpc) is 2.78. The highest BCUT2D eigenvalue weighted by Crippen LogP contribution is 2.17. The Bertz CT molecular complexity index is 540. The van der Waals surface area contributed by atoms with Crippen molar-refractivity contribution in [3.63, 3.8) is 0 Å². The van der Waals surface area contributed by atoms with Crippen LogP contribution in [-0.4, -0.2) is 40.6 Å². The van der Waals surface area contributed by atoms with Crippen LogP contribution in [0.3, 0.4) is 0 Å². The molecule has 1 aliphatic heterocycles. The van der Waals surface area contributed by atoms with E-state index >= 15 is 0 Å². The predicted molar refractivity (Wildman–Crippen MR) is 79.5 cm³/mol. The van der Waals surface area contributed by atoms with Crippen molar-refractivity contribution in [2.24, 2.45) is 7.05 Å². The number of aryl methyl sites for hydroxylation is 1. The molecule has 0 unspecified atom stereocenters. The number of rotatable bonds is 4. The normalized spacial score (nSPS) is 16.9. The van der Waals surface area contributed by atoms with E-state index in [2.05, 4.69) is 45.0 Å². The van der Waals surface area contributed by atoms with Gasteiger partial charge in [-0.05, 0) is 38.1 Å². The smallest absolute Gasteiger partial charge is 0.203 e. The summed E-state index contributed by atoms with van der Waals surface area (Å²) < 4.78 is 2.13. The van der Waals surface area contributed by atoms with Crippen molar-refractivity contribution in [2.45, 2.75) is 19.3 Å². The maximum absolute atomic E-state index is 4.63. The minimum absolute atomic E-state index is 0.969. The second kappa shape index (κ2) is 5.61. The summed E-state index contributed by atoms with van der Waals surface area (Å²) in [5.41, 5.74) is 2.24. The number of likely N-dealkylation sites (tertiary alicyclic amines) is 1. The minimum Gasteiger partial charge on any atom is -0.354 e. The molecule has 1 aliphatic rings. The SMILES string of the molecule is Cn1c(NCCN2CCCCC2)nc2ccccc21. The molecule has 0 saturated carbocycles. The van der Waals surface area contributed by atoms with Gasteiger partial charge in [-0.25, -0.2) is 4.98 Å². The first-order valence-electron chi connectivity index (χ1n) is 7.22. The number of hydrogen-bond donors (Lipinski definition) is 1. The lowest BCUT2D eigenvalue weighted by atomic mass is 10.1. The Labute approximate surface area is 114 Å². The fourth-order valence-electron chi connectivity index (χ4n) is 2.81. The molecule has 0 atom stereocenters. The minimum atomic E-state index is 0.969. The predicted octanol–water partition coefficient (Wildman–Crippen LogP) is 2.47. The largest absolute Gasteiger partial charge is 0.354 e. The number of hydrogen-bond acceptors (Lipinski definition) is 3. The molecule has 19 heavy (non-hydrogen) atoms. The Morgan fingerprint density at radius 2 is 1.95 bits per heavy atom. The molecule has 102 valence electrons.